The van der Waals surface area contributed by atoms with Crippen LogP contribution in [0.2, 0.25) is 5.02 Å². The summed E-state index contributed by atoms with van der Waals surface area (Å²) >= 11 is 6.28. The lowest BCUT2D eigenvalue weighted by molar-refractivity contribution is 0.0771. The fraction of sp³-hybridized carbons (Fsp3) is 0.647. The van der Waals surface area contributed by atoms with E-state index < -0.39 is 0 Å². The van der Waals surface area contributed by atoms with Gasteiger partial charge in [0.05, 0.1) is 10.7 Å². The number of piperazine rings is 1. The number of anilines is 1. The fourth-order valence-electron chi connectivity index (χ4n) is 3.21. The molecule has 1 aliphatic rings. The molecular weight excluding hydrogens is 284 g/mol. The van der Waals surface area contributed by atoms with Gasteiger partial charge in [-0.1, -0.05) is 44.0 Å². The van der Waals surface area contributed by atoms with Crippen molar-refractivity contribution in [2.24, 2.45) is 5.41 Å². The lowest BCUT2D eigenvalue weighted by Gasteiger charge is -2.40. The smallest absolute Gasteiger partial charge is 0.0639 e. The molecule has 0 aromatic heterocycles. The zero-order valence-corrected chi connectivity index (χ0v) is 13.9. The van der Waals surface area contributed by atoms with Crippen LogP contribution in [0, 0.1) is 5.41 Å². The summed E-state index contributed by atoms with van der Waals surface area (Å²) in [5, 5.41) is 10.5. The second-order valence-electron chi connectivity index (χ2n) is 6.43. The lowest BCUT2D eigenvalue weighted by atomic mass is 9.86. The van der Waals surface area contributed by atoms with Crippen molar-refractivity contribution < 1.29 is 5.11 Å². The van der Waals surface area contributed by atoms with Gasteiger partial charge in [0, 0.05) is 44.7 Å². The topological polar surface area (TPSA) is 26.7 Å². The Morgan fingerprint density at radius 2 is 1.86 bits per heavy atom. The van der Waals surface area contributed by atoms with Gasteiger partial charge in [0.1, 0.15) is 0 Å². The number of hydrogen-bond acceptors (Lipinski definition) is 3. The minimum absolute atomic E-state index is 0.0291. The average Bonchev–Trinajstić information content (AvgIpc) is 2.49. The van der Waals surface area contributed by atoms with Gasteiger partial charge in [0.15, 0.2) is 0 Å². The molecule has 2 rings (SSSR count). The highest BCUT2D eigenvalue weighted by atomic mass is 35.5. The molecule has 1 heterocycles. The lowest BCUT2D eigenvalue weighted by Crippen LogP contribution is -2.50. The first-order valence-electron chi connectivity index (χ1n) is 7.91. The molecule has 21 heavy (non-hydrogen) atoms. The molecule has 3 nitrogen and oxygen atoms in total. The van der Waals surface area contributed by atoms with E-state index in [0.29, 0.717) is 0 Å². The predicted octanol–water partition coefficient (Wildman–Crippen LogP) is 3.26. The van der Waals surface area contributed by atoms with Crippen LogP contribution in [0.15, 0.2) is 24.3 Å². The molecule has 1 N–H and O–H groups in total. The average molecular weight is 311 g/mol. The molecule has 118 valence electrons. The number of para-hydroxylation sites is 1. The number of halogens is 1. The van der Waals surface area contributed by atoms with Crippen LogP contribution in [-0.4, -0.2) is 49.3 Å². The molecular formula is C17H27ClN2O. The molecule has 1 aromatic rings. The molecule has 1 aliphatic heterocycles. The molecule has 0 aliphatic carbocycles. The second-order valence-corrected chi connectivity index (χ2v) is 6.84. The monoisotopic (exact) mass is 310 g/mol. The zero-order valence-electron chi connectivity index (χ0n) is 13.2. The highest BCUT2D eigenvalue weighted by molar-refractivity contribution is 6.33. The third-order valence-corrected chi connectivity index (χ3v) is 4.73. The SMILES string of the molecule is CCCC(C)(CO)CN1CCN(c2ccccc2Cl)CC1. The summed E-state index contributed by atoms with van der Waals surface area (Å²) < 4.78 is 0. The van der Waals surface area contributed by atoms with Gasteiger partial charge in [-0.15, -0.1) is 0 Å². The molecule has 0 radical (unpaired) electrons. The first-order valence-corrected chi connectivity index (χ1v) is 8.28. The summed E-state index contributed by atoms with van der Waals surface area (Å²) in [6.07, 6.45) is 2.20. The van der Waals surface area contributed by atoms with Gasteiger partial charge >= 0.3 is 0 Å². The van der Waals surface area contributed by atoms with Crippen molar-refractivity contribution in [2.45, 2.75) is 26.7 Å². The number of hydrogen-bond donors (Lipinski definition) is 1. The number of rotatable bonds is 6. The first-order chi connectivity index (χ1) is 10.1. The summed E-state index contributed by atoms with van der Waals surface area (Å²) in [6, 6.07) is 8.05. The maximum atomic E-state index is 9.66. The maximum absolute atomic E-state index is 9.66. The first kappa shape index (κ1) is 16.6. The molecule has 1 aromatic carbocycles. The minimum Gasteiger partial charge on any atom is -0.396 e. The van der Waals surface area contributed by atoms with Crippen LogP contribution in [0.4, 0.5) is 5.69 Å². The zero-order chi connectivity index (χ0) is 15.3. The maximum Gasteiger partial charge on any atom is 0.0639 e. The van der Waals surface area contributed by atoms with E-state index in [4.69, 9.17) is 11.6 Å². The molecule has 4 heteroatoms. The van der Waals surface area contributed by atoms with Crippen LogP contribution in [0.5, 0.6) is 0 Å². The van der Waals surface area contributed by atoms with Gasteiger partial charge in [0.2, 0.25) is 0 Å². The van der Waals surface area contributed by atoms with E-state index in [1.807, 2.05) is 18.2 Å². The number of benzene rings is 1. The Hall–Kier alpha value is -0.770. The van der Waals surface area contributed by atoms with Gasteiger partial charge in [-0.3, -0.25) is 4.90 Å². The molecule has 1 unspecified atom stereocenters. The highest BCUT2D eigenvalue weighted by Gasteiger charge is 2.28. The number of aliphatic hydroxyl groups is 1. The summed E-state index contributed by atoms with van der Waals surface area (Å²) in [6.45, 7) is 9.68. The Balaban J connectivity index is 1.90. The van der Waals surface area contributed by atoms with Gasteiger partial charge < -0.3 is 10.0 Å². The van der Waals surface area contributed by atoms with Gasteiger partial charge in [0.25, 0.3) is 0 Å². The van der Waals surface area contributed by atoms with Gasteiger partial charge in [-0.25, -0.2) is 0 Å². The Morgan fingerprint density at radius 3 is 2.43 bits per heavy atom. The standard InChI is InChI=1S/C17H27ClN2O/c1-3-8-17(2,14-21)13-19-9-11-20(12-10-19)16-7-5-4-6-15(16)18/h4-7,21H,3,8-14H2,1-2H3. The Bertz CT molecular complexity index is 446. The minimum atomic E-state index is 0.0291. The molecule has 0 saturated carbocycles. The largest absolute Gasteiger partial charge is 0.396 e. The molecule has 0 bridgehead atoms. The van der Waals surface area contributed by atoms with Gasteiger partial charge in [-0.2, -0.15) is 0 Å². The normalized spacial score (nSPS) is 19.5. The van der Waals surface area contributed by atoms with Crippen LogP contribution in [0.25, 0.3) is 0 Å². The van der Waals surface area contributed by atoms with E-state index in [0.717, 1.165) is 56.3 Å². The van der Waals surface area contributed by atoms with Crippen molar-refractivity contribution >= 4 is 17.3 Å². The quantitative estimate of drug-likeness (QED) is 0.873. The number of aliphatic hydroxyl groups excluding tert-OH is 1. The summed E-state index contributed by atoms with van der Waals surface area (Å²) in [7, 11) is 0. The Kier molecular flexibility index (Phi) is 5.91. The molecule has 1 atom stereocenters. The summed E-state index contributed by atoms with van der Waals surface area (Å²) in [4.78, 5) is 4.83. The molecule has 1 saturated heterocycles. The van der Waals surface area contributed by atoms with Crippen molar-refractivity contribution in [1.82, 2.24) is 4.90 Å². The molecule has 0 spiro atoms. The van der Waals surface area contributed by atoms with E-state index in [2.05, 4.69) is 29.7 Å². The number of nitrogens with zero attached hydrogens (tertiary/aromatic N) is 2. The van der Waals surface area contributed by atoms with Crippen molar-refractivity contribution in [3.63, 3.8) is 0 Å². The predicted molar refractivity (Wildman–Crippen MR) is 90.2 cm³/mol. The van der Waals surface area contributed by atoms with Gasteiger partial charge in [-0.05, 0) is 18.6 Å². The molecule has 1 fully saturated rings. The second kappa shape index (κ2) is 7.48. The van der Waals surface area contributed by atoms with Crippen molar-refractivity contribution in [1.29, 1.82) is 0 Å². The van der Waals surface area contributed by atoms with Crippen LogP contribution >= 0.6 is 11.6 Å². The fourth-order valence-corrected chi connectivity index (χ4v) is 3.46. The highest BCUT2D eigenvalue weighted by Crippen LogP contribution is 2.28. The van der Waals surface area contributed by atoms with Crippen molar-refractivity contribution in [2.75, 3.05) is 44.2 Å². The Morgan fingerprint density at radius 1 is 1.19 bits per heavy atom. The molecule has 0 amide bonds. The van der Waals surface area contributed by atoms with E-state index >= 15 is 0 Å². The van der Waals surface area contributed by atoms with Crippen LogP contribution < -0.4 is 4.90 Å². The van der Waals surface area contributed by atoms with Crippen LogP contribution in [0.1, 0.15) is 26.7 Å². The Labute approximate surface area is 133 Å². The van der Waals surface area contributed by atoms with Crippen molar-refractivity contribution in [3.8, 4) is 0 Å². The van der Waals surface area contributed by atoms with E-state index in [1.165, 1.54) is 0 Å². The van der Waals surface area contributed by atoms with E-state index in [-0.39, 0.29) is 12.0 Å². The van der Waals surface area contributed by atoms with E-state index in [1.54, 1.807) is 0 Å². The third-order valence-electron chi connectivity index (χ3n) is 4.41. The van der Waals surface area contributed by atoms with E-state index in [9.17, 15) is 5.11 Å². The van der Waals surface area contributed by atoms with Crippen molar-refractivity contribution in [3.05, 3.63) is 29.3 Å². The third kappa shape index (κ3) is 4.35. The van der Waals surface area contributed by atoms with Crippen LogP contribution in [0.3, 0.4) is 0 Å². The van der Waals surface area contributed by atoms with Crippen LogP contribution in [-0.2, 0) is 0 Å². The summed E-state index contributed by atoms with van der Waals surface area (Å²) in [5.74, 6) is 0. The summed E-state index contributed by atoms with van der Waals surface area (Å²) in [5.41, 5.74) is 1.17.